The Morgan fingerprint density at radius 1 is 0.632 bits per heavy atom. The van der Waals surface area contributed by atoms with Crippen LogP contribution in [0.15, 0.2) is 34.8 Å². The van der Waals surface area contributed by atoms with E-state index in [2.05, 4.69) is 19.7 Å². The molecule has 0 spiro atoms. The van der Waals surface area contributed by atoms with Crippen molar-refractivity contribution in [2.75, 3.05) is 0 Å². The van der Waals surface area contributed by atoms with Gasteiger partial charge in [-0.2, -0.15) is 0 Å². The molecule has 0 N–H and O–H groups in total. The van der Waals surface area contributed by atoms with Crippen molar-refractivity contribution in [3.05, 3.63) is 34.8 Å². The fraction of sp³-hybridized carbons (Fsp3) is 0. The minimum Gasteiger partial charge on any atom is -0.544 e. The largest absolute Gasteiger partial charge is 3.00 e. The first-order valence-electron chi connectivity index (χ1n) is 3.60. The van der Waals surface area contributed by atoms with Crippen molar-refractivity contribution in [2.45, 2.75) is 0 Å². The molecule has 0 saturated heterocycles. The van der Waals surface area contributed by atoms with Crippen LogP contribution in [0.3, 0.4) is 0 Å². The molecule has 0 aliphatic heterocycles. The van der Waals surface area contributed by atoms with Crippen molar-refractivity contribution in [2.24, 2.45) is 0 Å². The van der Waals surface area contributed by atoms with Crippen LogP contribution in [-0.2, 0) is 14.4 Å². The Bertz CT molecular complexity index is 287. The van der Waals surface area contributed by atoms with Gasteiger partial charge in [0.2, 0.25) is 0 Å². The van der Waals surface area contributed by atoms with Crippen LogP contribution in [0.25, 0.3) is 0 Å². The Kier molecular flexibility index (Phi) is 21.1. The first kappa shape index (κ1) is 26.6. The molecule has 0 amide bonds. The maximum atomic E-state index is 9.36. The molecular weight excluding hydrogens is 337 g/mol. The molecule has 10 heteroatoms. The molecular formula is C9H6AlCl3O6. The number of carboxylic acid groups (broad SMARTS) is 3. The molecule has 0 rings (SSSR count). The molecule has 0 bridgehead atoms. The summed E-state index contributed by atoms with van der Waals surface area (Å²) in [6.07, 6.45) is 0. The summed E-state index contributed by atoms with van der Waals surface area (Å²) in [6.45, 7) is 8.57. The first-order valence-corrected chi connectivity index (χ1v) is 4.74. The molecule has 6 nitrogen and oxygen atoms in total. The van der Waals surface area contributed by atoms with E-state index in [-0.39, 0.29) is 17.4 Å². The van der Waals surface area contributed by atoms with Gasteiger partial charge in [-0.15, -0.1) is 0 Å². The topological polar surface area (TPSA) is 120 Å². The fourth-order valence-electron chi connectivity index (χ4n) is 0. The van der Waals surface area contributed by atoms with Crippen LogP contribution in [0.2, 0.25) is 0 Å². The van der Waals surface area contributed by atoms with E-state index in [1.165, 1.54) is 0 Å². The normalized spacial score (nSPS) is 7.11. The summed E-state index contributed by atoms with van der Waals surface area (Å²) in [4.78, 5) is 28.1. The van der Waals surface area contributed by atoms with Crippen molar-refractivity contribution in [3.63, 3.8) is 0 Å². The fourth-order valence-corrected chi connectivity index (χ4v) is 0. The quantitative estimate of drug-likeness (QED) is 0.435. The van der Waals surface area contributed by atoms with Crippen LogP contribution in [0, 0.1) is 0 Å². The van der Waals surface area contributed by atoms with E-state index in [1.807, 2.05) is 0 Å². The Morgan fingerprint density at radius 3 is 0.684 bits per heavy atom. The molecule has 0 heterocycles. The third-order valence-electron chi connectivity index (χ3n) is 0.664. The van der Waals surface area contributed by atoms with E-state index in [1.54, 1.807) is 0 Å². The summed E-state index contributed by atoms with van der Waals surface area (Å²) >= 11 is 14.3. The van der Waals surface area contributed by atoms with Gasteiger partial charge in [-0.1, -0.05) is 54.5 Å². The average molecular weight is 343 g/mol. The average Bonchev–Trinajstić information content (AvgIpc) is 2.18. The minimum atomic E-state index is -1.42. The van der Waals surface area contributed by atoms with E-state index in [0.29, 0.717) is 0 Å². The number of carbonyl (C=O) groups is 3. The SMILES string of the molecule is C=C(Cl)C(=O)[O-].C=C(Cl)C(=O)[O-].C=C(Cl)C(=O)[O-].[Al+3]. The zero-order valence-electron chi connectivity index (χ0n) is 9.28. The van der Waals surface area contributed by atoms with Crippen LogP contribution in [0.4, 0.5) is 0 Å². The van der Waals surface area contributed by atoms with Crippen LogP contribution < -0.4 is 15.3 Å². The number of halogens is 3. The van der Waals surface area contributed by atoms with Gasteiger partial charge < -0.3 is 29.7 Å². The summed E-state index contributed by atoms with van der Waals surface area (Å²) in [7, 11) is 0. The van der Waals surface area contributed by atoms with Crippen LogP contribution >= 0.6 is 34.8 Å². The van der Waals surface area contributed by atoms with Crippen LogP contribution in [0.1, 0.15) is 0 Å². The van der Waals surface area contributed by atoms with Crippen LogP contribution in [0.5, 0.6) is 0 Å². The Morgan fingerprint density at radius 2 is 0.684 bits per heavy atom. The predicted molar refractivity (Wildman–Crippen MR) is 65.8 cm³/mol. The molecule has 0 aromatic rings. The van der Waals surface area contributed by atoms with Gasteiger partial charge in [0.1, 0.15) is 0 Å². The van der Waals surface area contributed by atoms with E-state index < -0.39 is 33.0 Å². The smallest absolute Gasteiger partial charge is 0.544 e. The van der Waals surface area contributed by atoms with Gasteiger partial charge >= 0.3 is 17.4 Å². The Hall–Kier alpha value is -0.968. The first-order chi connectivity index (χ1) is 7.93. The van der Waals surface area contributed by atoms with Gasteiger partial charge in [-0.05, 0) is 0 Å². The summed E-state index contributed by atoms with van der Waals surface area (Å²) in [5.41, 5.74) is 0. The summed E-state index contributed by atoms with van der Waals surface area (Å²) in [5, 5.41) is 26.7. The summed E-state index contributed by atoms with van der Waals surface area (Å²) in [6, 6.07) is 0. The third kappa shape index (κ3) is 31.6. The van der Waals surface area contributed by atoms with E-state index in [9.17, 15) is 29.7 Å². The molecule has 0 radical (unpaired) electrons. The maximum Gasteiger partial charge on any atom is 3.00 e. The predicted octanol–water partition coefficient (Wildman–Crippen LogP) is -1.91. The molecule has 0 aliphatic rings. The van der Waals surface area contributed by atoms with Crippen molar-refractivity contribution in [1.29, 1.82) is 0 Å². The van der Waals surface area contributed by atoms with Gasteiger partial charge in [0.15, 0.2) is 0 Å². The molecule has 0 aromatic heterocycles. The van der Waals surface area contributed by atoms with Gasteiger partial charge in [0, 0.05) is 0 Å². The summed E-state index contributed by atoms with van der Waals surface area (Å²) < 4.78 is 0. The van der Waals surface area contributed by atoms with Gasteiger partial charge in [-0.25, -0.2) is 0 Å². The molecule has 19 heavy (non-hydrogen) atoms. The monoisotopic (exact) mass is 342 g/mol. The molecule has 0 aliphatic carbocycles. The van der Waals surface area contributed by atoms with Gasteiger partial charge in [-0.3, -0.25) is 0 Å². The standard InChI is InChI=1S/3C3H3ClO2.Al/c3*1-2(4)3(5)6;/h3*1H2,(H,5,6);/q;;;+3/p-3. The van der Waals surface area contributed by atoms with Crippen molar-refractivity contribution in [3.8, 4) is 0 Å². The van der Waals surface area contributed by atoms with Crippen LogP contribution in [-0.4, -0.2) is 35.3 Å². The number of hydrogen-bond acceptors (Lipinski definition) is 6. The second-order valence-corrected chi connectivity index (χ2v) is 3.45. The zero-order valence-corrected chi connectivity index (χ0v) is 12.7. The second kappa shape index (κ2) is 15.1. The molecule has 0 aromatic carbocycles. The number of carbonyl (C=O) groups excluding carboxylic acids is 3. The Balaban J connectivity index is -0.0000000865. The number of rotatable bonds is 3. The van der Waals surface area contributed by atoms with Gasteiger partial charge in [0.05, 0.1) is 33.0 Å². The molecule has 0 fully saturated rings. The van der Waals surface area contributed by atoms with Crippen molar-refractivity contribution in [1.82, 2.24) is 0 Å². The number of hydrogen-bond donors (Lipinski definition) is 0. The molecule has 0 unspecified atom stereocenters. The van der Waals surface area contributed by atoms with Crippen molar-refractivity contribution >= 4 is 70.1 Å². The van der Waals surface area contributed by atoms with Gasteiger partial charge in [0.25, 0.3) is 0 Å². The van der Waals surface area contributed by atoms with E-state index >= 15 is 0 Å². The minimum absolute atomic E-state index is 0. The molecule has 0 atom stereocenters. The maximum absolute atomic E-state index is 9.36. The summed E-state index contributed by atoms with van der Waals surface area (Å²) in [5.74, 6) is -4.26. The third-order valence-corrected chi connectivity index (χ3v) is 1.13. The molecule has 0 saturated carbocycles. The zero-order chi connectivity index (χ0) is 15.5. The Labute approximate surface area is 134 Å². The molecule has 102 valence electrons. The number of carboxylic acids is 3. The second-order valence-electron chi connectivity index (χ2n) is 2.08. The van der Waals surface area contributed by atoms with E-state index in [4.69, 9.17) is 34.8 Å². The van der Waals surface area contributed by atoms with E-state index in [0.717, 1.165) is 0 Å². The van der Waals surface area contributed by atoms with Crippen molar-refractivity contribution < 1.29 is 29.7 Å². The number of aliphatic carboxylic acids is 3.